The fourth-order valence-corrected chi connectivity index (χ4v) is 2.92. The Morgan fingerprint density at radius 2 is 1.33 bits per heavy atom. The van der Waals surface area contributed by atoms with E-state index in [-0.39, 0.29) is 11.6 Å². The van der Waals surface area contributed by atoms with E-state index in [4.69, 9.17) is 0 Å². The van der Waals surface area contributed by atoms with E-state index < -0.39 is 0 Å². The predicted molar refractivity (Wildman–Crippen MR) is 110 cm³/mol. The highest BCUT2D eigenvalue weighted by atomic mass is 16.1. The van der Waals surface area contributed by atoms with Crippen molar-refractivity contribution in [1.29, 1.82) is 0 Å². The molecule has 0 saturated carbocycles. The molecule has 0 aliphatic heterocycles. The van der Waals surface area contributed by atoms with Crippen LogP contribution in [0.5, 0.6) is 0 Å². The lowest BCUT2D eigenvalue weighted by Crippen LogP contribution is -2.02. The predicted octanol–water partition coefficient (Wildman–Crippen LogP) is 2.39. The molecular weight excluding hydrogens is 384 g/mol. The number of hydrogen-bond donors (Lipinski definition) is 0. The van der Waals surface area contributed by atoms with E-state index in [9.17, 15) is 9.59 Å². The van der Waals surface area contributed by atoms with Crippen LogP contribution in [0.2, 0.25) is 0 Å². The van der Waals surface area contributed by atoms with E-state index in [1.54, 1.807) is 48.0 Å². The molecule has 4 aromatic heterocycles. The lowest BCUT2D eigenvalue weighted by molar-refractivity contribution is -0.118. The normalized spacial score (nSPS) is 10.7. The number of aromatic nitrogens is 8. The summed E-state index contributed by atoms with van der Waals surface area (Å²) >= 11 is 0. The highest BCUT2D eigenvalue weighted by molar-refractivity contribution is 5.76. The van der Waals surface area contributed by atoms with Gasteiger partial charge in [-0.05, 0) is 38.8 Å². The van der Waals surface area contributed by atoms with Crippen molar-refractivity contribution in [3.05, 3.63) is 36.9 Å². The van der Waals surface area contributed by atoms with E-state index >= 15 is 0 Å². The zero-order chi connectivity index (χ0) is 21.3. The van der Waals surface area contributed by atoms with Gasteiger partial charge < -0.3 is 9.59 Å². The van der Waals surface area contributed by atoms with Gasteiger partial charge in [0.05, 0.1) is 17.9 Å². The first-order valence-electron chi connectivity index (χ1n) is 9.80. The number of Topliss-reactive ketones (excluding diaryl/α,β-unsaturated/α-hetero) is 2. The van der Waals surface area contributed by atoms with Crippen LogP contribution in [-0.4, -0.2) is 51.5 Å². The molecule has 10 heteroatoms. The summed E-state index contributed by atoms with van der Waals surface area (Å²) in [7, 11) is 0. The molecule has 0 unspecified atom stereocenters. The quantitative estimate of drug-likeness (QED) is 0.436. The first kappa shape index (κ1) is 21.2. The summed E-state index contributed by atoms with van der Waals surface area (Å²) < 4.78 is 3.59. The number of pyridine rings is 2. The Kier molecular flexibility index (Phi) is 7.25. The molecule has 0 aliphatic carbocycles. The van der Waals surface area contributed by atoms with Crippen molar-refractivity contribution in [2.75, 3.05) is 0 Å². The van der Waals surface area contributed by atoms with Crippen molar-refractivity contribution in [3.63, 3.8) is 0 Å². The monoisotopic (exact) mass is 408 g/mol. The number of rotatable bonds is 8. The Labute approximate surface area is 173 Å². The lowest BCUT2D eigenvalue weighted by Gasteiger charge is -1.99. The maximum absolute atomic E-state index is 10.8. The molecule has 0 saturated heterocycles. The molecule has 4 heterocycles. The molecule has 0 aliphatic rings. The Hall–Kier alpha value is -3.56. The number of fused-ring (bicyclic) bond motifs is 2. The number of hydrogen-bond acceptors (Lipinski definition) is 8. The molecule has 0 atom stereocenters. The fraction of sp³-hybridized carbons (Fsp3) is 0.400. The molecule has 0 amide bonds. The van der Waals surface area contributed by atoms with Gasteiger partial charge in [-0.25, -0.2) is 9.36 Å². The second-order valence-electron chi connectivity index (χ2n) is 6.97. The van der Waals surface area contributed by atoms with Crippen LogP contribution in [0.3, 0.4) is 0 Å². The zero-order valence-electron chi connectivity index (χ0n) is 17.1. The van der Waals surface area contributed by atoms with Crippen molar-refractivity contribution >= 4 is 33.6 Å². The summed E-state index contributed by atoms with van der Waals surface area (Å²) in [6.07, 6.45) is 9.60. The van der Waals surface area contributed by atoms with Crippen molar-refractivity contribution in [2.45, 2.75) is 52.6 Å². The smallest absolute Gasteiger partial charge is 0.131 e. The second-order valence-corrected chi connectivity index (χ2v) is 6.97. The van der Waals surface area contributed by atoms with Crippen molar-refractivity contribution in [3.8, 4) is 0 Å². The van der Waals surface area contributed by atoms with E-state index in [0.29, 0.717) is 19.4 Å². The first-order chi connectivity index (χ1) is 14.5. The van der Waals surface area contributed by atoms with Gasteiger partial charge in [-0.3, -0.25) is 9.97 Å². The molecule has 0 spiro atoms. The van der Waals surface area contributed by atoms with E-state index in [0.717, 1.165) is 41.5 Å². The molecular formula is C20H24N8O2. The summed E-state index contributed by atoms with van der Waals surface area (Å²) in [4.78, 5) is 29.5. The highest BCUT2D eigenvalue weighted by Crippen LogP contribution is 2.10. The van der Waals surface area contributed by atoms with Gasteiger partial charge >= 0.3 is 0 Å². The van der Waals surface area contributed by atoms with Gasteiger partial charge in [0.25, 0.3) is 0 Å². The minimum absolute atomic E-state index is 0.206. The molecule has 0 N–H and O–H groups in total. The van der Waals surface area contributed by atoms with Crippen LogP contribution in [0, 0.1) is 0 Å². The Bertz CT molecular complexity index is 1040. The largest absolute Gasteiger partial charge is 0.300 e. The van der Waals surface area contributed by atoms with Gasteiger partial charge in [-0.1, -0.05) is 10.4 Å². The van der Waals surface area contributed by atoms with Crippen molar-refractivity contribution < 1.29 is 9.59 Å². The van der Waals surface area contributed by atoms with Gasteiger partial charge in [0.2, 0.25) is 0 Å². The van der Waals surface area contributed by atoms with Gasteiger partial charge in [0.1, 0.15) is 28.1 Å². The lowest BCUT2D eigenvalue weighted by atomic mass is 10.2. The van der Waals surface area contributed by atoms with Crippen LogP contribution in [-0.2, 0) is 22.7 Å². The maximum Gasteiger partial charge on any atom is 0.131 e. The second kappa shape index (κ2) is 10.3. The van der Waals surface area contributed by atoms with Gasteiger partial charge in [-0.15, -0.1) is 10.2 Å². The number of aryl methyl sites for hydroxylation is 2. The summed E-state index contributed by atoms with van der Waals surface area (Å²) in [5.74, 6) is 0.415. The summed E-state index contributed by atoms with van der Waals surface area (Å²) in [6, 6.07) is 3.70. The van der Waals surface area contributed by atoms with Crippen LogP contribution in [0.25, 0.3) is 22.1 Å². The maximum atomic E-state index is 10.8. The van der Waals surface area contributed by atoms with Crippen molar-refractivity contribution in [1.82, 2.24) is 40.0 Å². The summed E-state index contributed by atoms with van der Waals surface area (Å²) in [6.45, 7) is 4.63. The van der Waals surface area contributed by atoms with E-state index in [1.807, 2.05) is 12.1 Å². The minimum atomic E-state index is 0.206. The Balaban J connectivity index is 0.000000171. The standard InChI is InChI=1S/2C10H12N4O/c1-8(15)3-2-6-14-10-4-5-11-7-9(10)12-13-14;1-8(15)3-2-6-14-10-7-11-5-4-9(10)12-13-14/h2*4-5,7H,2-3,6H2,1H3. The average Bonchev–Trinajstić information content (AvgIpc) is 3.33. The summed E-state index contributed by atoms with van der Waals surface area (Å²) in [5, 5.41) is 16.0. The molecule has 156 valence electrons. The van der Waals surface area contributed by atoms with Gasteiger partial charge in [-0.2, -0.15) is 0 Å². The molecule has 10 nitrogen and oxygen atoms in total. The van der Waals surface area contributed by atoms with E-state index in [2.05, 4.69) is 30.6 Å². The molecule has 0 fully saturated rings. The van der Waals surface area contributed by atoms with Crippen molar-refractivity contribution in [2.24, 2.45) is 0 Å². The highest BCUT2D eigenvalue weighted by Gasteiger charge is 2.04. The number of carbonyl (C=O) groups excluding carboxylic acids is 2. The fourth-order valence-electron chi connectivity index (χ4n) is 2.92. The Morgan fingerprint density at radius 1 is 0.767 bits per heavy atom. The van der Waals surface area contributed by atoms with Crippen LogP contribution in [0.15, 0.2) is 36.9 Å². The summed E-state index contributed by atoms with van der Waals surface area (Å²) in [5.41, 5.74) is 3.52. The SMILES string of the molecule is CC(=O)CCCn1nnc2ccncc21.CC(=O)CCCn1nnc2cnccc21. The first-order valence-corrected chi connectivity index (χ1v) is 9.80. The van der Waals surface area contributed by atoms with E-state index in [1.165, 1.54) is 0 Å². The molecule has 4 aromatic rings. The molecule has 30 heavy (non-hydrogen) atoms. The third-order valence-electron chi connectivity index (χ3n) is 4.43. The average molecular weight is 408 g/mol. The topological polar surface area (TPSA) is 121 Å². The molecule has 0 bridgehead atoms. The molecule has 4 rings (SSSR count). The van der Waals surface area contributed by atoms with Crippen LogP contribution < -0.4 is 0 Å². The number of ketones is 2. The molecule has 0 radical (unpaired) electrons. The third kappa shape index (κ3) is 5.72. The van der Waals surface area contributed by atoms with Crippen LogP contribution in [0.1, 0.15) is 39.5 Å². The minimum Gasteiger partial charge on any atom is -0.300 e. The number of carbonyl (C=O) groups is 2. The Morgan fingerprint density at radius 3 is 2.00 bits per heavy atom. The number of nitrogens with zero attached hydrogens (tertiary/aromatic N) is 8. The zero-order valence-corrected chi connectivity index (χ0v) is 17.1. The van der Waals surface area contributed by atoms with Gasteiger partial charge in [0, 0.05) is 38.3 Å². The van der Waals surface area contributed by atoms with Crippen LogP contribution in [0.4, 0.5) is 0 Å². The molecule has 0 aromatic carbocycles. The van der Waals surface area contributed by atoms with Crippen LogP contribution >= 0.6 is 0 Å². The third-order valence-corrected chi connectivity index (χ3v) is 4.43. The van der Waals surface area contributed by atoms with Gasteiger partial charge in [0.15, 0.2) is 0 Å².